The summed E-state index contributed by atoms with van der Waals surface area (Å²) in [6, 6.07) is 17.4. The van der Waals surface area contributed by atoms with E-state index in [1.165, 1.54) is 11.3 Å². The second kappa shape index (κ2) is 11.7. The number of aromatic amines is 1. The predicted molar refractivity (Wildman–Crippen MR) is 173 cm³/mol. The number of rotatable bonds is 6. The number of H-pyrrole nitrogens is 1. The summed E-state index contributed by atoms with van der Waals surface area (Å²) in [4.78, 5) is 37.4. The maximum atomic E-state index is 13.7. The standard InChI is InChI=1S/C33H32ClN5O3S/c1-19(2)28(34)33(41)38-16-8-9-22(18-38)37-31(40)30-29-27-26(14-15-35-32(27)43-30)39(21(4)36-29)25-13-12-24(17-20(25)3)42-23-10-6-5-7-11-23/h5-7,10-15,17,22,36H,4,8-9,16,18H2,1-3H3,(H,37,40)/t22-/m1/s1. The molecule has 1 atom stereocenters. The first kappa shape index (κ1) is 28.8. The Morgan fingerprint density at radius 1 is 1.14 bits per heavy atom. The lowest BCUT2D eigenvalue weighted by atomic mass is 10.0. The molecule has 1 saturated heterocycles. The lowest BCUT2D eigenvalue weighted by Gasteiger charge is -2.33. The monoisotopic (exact) mass is 613 g/mol. The fraction of sp³-hybridized carbons (Fsp3) is 0.242. The van der Waals surface area contributed by atoms with Crippen molar-refractivity contribution in [2.45, 2.75) is 39.7 Å². The van der Waals surface area contributed by atoms with E-state index in [-0.39, 0.29) is 22.9 Å². The molecule has 5 aromatic rings. The van der Waals surface area contributed by atoms with Crippen molar-refractivity contribution in [2.24, 2.45) is 0 Å². The van der Waals surface area contributed by atoms with E-state index in [1.54, 1.807) is 11.1 Å². The highest BCUT2D eigenvalue weighted by Crippen LogP contribution is 2.35. The van der Waals surface area contributed by atoms with Crippen LogP contribution in [-0.4, -0.2) is 50.4 Å². The topological polar surface area (TPSA) is 92.3 Å². The molecule has 2 N–H and O–H groups in total. The van der Waals surface area contributed by atoms with Crippen LogP contribution in [0, 0.1) is 6.92 Å². The maximum Gasteiger partial charge on any atom is 0.265 e. The molecule has 43 heavy (non-hydrogen) atoms. The number of carbonyl (C=O) groups is 2. The SMILES string of the molecule is C=c1[nH]c2c(C(=O)N[C@@H]3CCCN(C(=O)C(Cl)=C(C)C)C3)sc3nccc(c32)n1-c1ccc(Oc2ccccc2)cc1C. The summed E-state index contributed by atoms with van der Waals surface area (Å²) in [5, 5.41) is 4.26. The molecule has 0 bridgehead atoms. The van der Waals surface area contributed by atoms with Crippen molar-refractivity contribution >= 4 is 62.6 Å². The highest BCUT2D eigenvalue weighted by atomic mass is 35.5. The zero-order valence-corrected chi connectivity index (χ0v) is 25.8. The highest BCUT2D eigenvalue weighted by Gasteiger charge is 2.28. The van der Waals surface area contributed by atoms with Crippen LogP contribution in [0.3, 0.4) is 0 Å². The van der Waals surface area contributed by atoms with E-state index in [0.29, 0.717) is 29.0 Å². The number of aryl methyl sites for hydroxylation is 1. The fourth-order valence-electron chi connectivity index (χ4n) is 5.54. The van der Waals surface area contributed by atoms with Crippen molar-refractivity contribution < 1.29 is 14.3 Å². The van der Waals surface area contributed by atoms with Crippen LogP contribution in [0.5, 0.6) is 11.5 Å². The van der Waals surface area contributed by atoms with Gasteiger partial charge >= 0.3 is 0 Å². The summed E-state index contributed by atoms with van der Waals surface area (Å²) < 4.78 is 8.08. The van der Waals surface area contributed by atoms with E-state index < -0.39 is 0 Å². The number of pyridine rings is 1. The molecule has 10 heteroatoms. The number of halogens is 1. The second-order valence-electron chi connectivity index (χ2n) is 11.0. The zero-order valence-electron chi connectivity index (χ0n) is 24.2. The average molecular weight is 614 g/mol. The number of hydrogen-bond donors (Lipinski definition) is 2. The van der Waals surface area contributed by atoms with Crippen molar-refractivity contribution in [3.63, 3.8) is 0 Å². The molecule has 4 heterocycles. The number of benzene rings is 2. The molecule has 1 fully saturated rings. The van der Waals surface area contributed by atoms with Gasteiger partial charge in [0.05, 0.1) is 22.1 Å². The van der Waals surface area contributed by atoms with Crippen LogP contribution in [0.1, 0.15) is 41.9 Å². The van der Waals surface area contributed by atoms with E-state index in [9.17, 15) is 9.59 Å². The summed E-state index contributed by atoms with van der Waals surface area (Å²) in [7, 11) is 0. The number of ether oxygens (including phenoxy) is 1. The minimum atomic E-state index is -0.205. The van der Waals surface area contributed by atoms with Gasteiger partial charge in [0.25, 0.3) is 11.8 Å². The molecule has 3 aromatic heterocycles. The molecule has 220 valence electrons. The molecule has 2 amide bonds. The van der Waals surface area contributed by atoms with Crippen molar-refractivity contribution in [3.8, 4) is 17.2 Å². The van der Waals surface area contributed by atoms with Gasteiger partial charge in [-0.1, -0.05) is 42.0 Å². The average Bonchev–Trinajstić information content (AvgIpc) is 3.37. The quantitative estimate of drug-likeness (QED) is 0.211. The number of hydrogen-bond acceptors (Lipinski definition) is 5. The van der Waals surface area contributed by atoms with Crippen LogP contribution in [0.25, 0.3) is 33.5 Å². The van der Waals surface area contributed by atoms with Crippen LogP contribution < -0.4 is 15.5 Å². The molecule has 0 unspecified atom stereocenters. The first-order valence-corrected chi connectivity index (χ1v) is 15.3. The fourth-order valence-corrected chi connectivity index (χ4v) is 6.68. The Hall–Kier alpha value is -4.34. The predicted octanol–water partition coefficient (Wildman–Crippen LogP) is 6.61. The number of piperidine rings is 1. The van der Waals surface area contributed by atoms with E-state index in [4.69, 9.17) is 16.3 Å². The summed E-state index contributed by atoms with van der Waals surface area (Å²) in [6.45, 7) is 11.0. The summed E-state index contributed by atoms with van der Waals surface area (Å²) in [6.07, 6.45) is 3.32. The zero-order chi connectivity index (χ0) is 30.2. The number of allylic oxidation sites excluding steroid dienone is 1. The van der Waals surface area contributed by atoms with Gasteiger partial charge in [-0.05, 0) is 75.6 Å². The van der Waals surface area contributed by atoms with Gasteiger partial charge in [0.15, 0.2) is 0 Å². The smallest absolute Gasteiger partial charge is 0.265 e. The van der Waals surface area contributed by atoms with Gasteiger partial charge in [-0.25, -0.2) is 4.98 Å². The van der Waals surface area contributed by atoms with E-state index in [2.05, 4.69) is 21.9 Å². The Kier molecular flexibility index (Phi) is 7.85. The van der Waals surface area contributed by atoms with Gasteiger partial charge in [-0.3, -0.25) is 14.2 Å². The molecule has 8 nitrogen and oxygen atoms in total. The molecule has 0 spiro atoms. The van der Waals surface area contributed by atoms with Gasteiger partial charge in [-0.15, -0.1) is 11.3 Å². The number of carbonyl (C=O) groups excluding carboxylic acids is 2. The van der Waals surface area contributed by atoms with E-state index in [1.807, 2.05) is 79.9 Å². The molecule has 2 aromatic carbocycles. The number of nitrogens with one attached hydrogen (secondary N) is 2. The van der Waals surface area contributed by atoms with Crippen molar-refractivity contribution in [2.75, 3.05) is 13.1 Å². The van der Waals surface area contributed by atoms with Crippen molar-refractivity contribution in [1.29, 1.82) is 0 Å². The molecule has 0 radical (unpaired) electrons. The van der Waals surface area contributed by atoms with Crippen molar-refractivity contribution in [1.82, 2.24) is 24.8 Å². The van der Waals surface area contributed by atoms with Crippen LogP contribution >= 0.6 is 22.9 Å². The lowest BCUT2D eigenvalue weighted by molar-refractivity contribution is -0.127. The van der Waals surface area contributed by atoms with Crippen molar-refractivity contribution in [3.05, 3.63) is 87.3 Å². The van der Waals surface area contributed by atoms with Gasteiger partial charge < -0.3 is 19.9 Å². The van der Waals surface area contributed by atoms with Crippen LogP contribution in [0.15, 0.2) is 71.4 Å². The third kappa shape index (κ3) is 5.58. The third-order valence-corrected chi connectivity index (χ3v) is 9.25. The van der Waals surface area contributed by atoms with Gasteiger partial charge in [0.1, 0.15) is 31.7 Å². The first-order chi connectivity index (χ1) is 20.7. The second-order valence-corrected chi connectivity index (χ2v) is 12.3. The Balaban J connectivity index is 1.31. The van der Waals surface area contributed by atoms with E-state index >= 15 is 0 Å². The normalized spacial score (nSPS) is 15.1. The molecule has 1 aliphatic heterocycles. The molecule has 0 aliphatic carbocycles. The molecule has 0 saturated carbocycles. The number of nitrogens with zero attached hydrogens (tertiary/aromatic N) is 3. The molecule has 1 aliphatic rings. The number of para-hydroxylation sites is 1. The Bertz CT molecular complexity index is 1950. The largest absolute Gasteiger partial charge is 0.457 e. The highest BCUT2D eigenvalue weighted by molar-refractivity contribution is 7.21. The number of aromatic nitrogens is 3. The van der Waals surface area contributed by atoms with Crippen LogP contribution in [0.2, 0.25) is 0 Å². The maximum absolute atomic E-state index is 13.7. The summed E-state index contributed by atoms with van der Waals surface area (Å²) in [5.41, 5.74) is 4.93. The Labute approximate surface area is 258 Å². The van der Waals surface area contributed by atoms with Gasteiger partial charge in [0, 0.05) is 25.3 Å². The molecular formula is C33H32ClN5O3S. The van der Waals surface area contributed by atoms with Gasteiger partial charge in [-0.2, -0.15) is 0 Å². The summed E-state index contributed by atoms with van der Waals surface area (Å²) in [5.74, 6) is 1.11. The minimum Gasteiger partial charge on any atom is -0.457 e. The van der Waals surface area contributed by atoms with Crippen LogP contribution in [0.4, 0.5) is 0 Å². The number of likely N-dealkylation sites (tertiary alicyclic amines) is 1. The Morgan fingerprint density at radius 3 is 2.67 bits per heavy atom. The van der Waals surface area contributed by atoms with Crippen LogP contribution in [-0.2, 0) is 4.79 Å². The molecular weight excluding hydrogens is 582 g/mol. The minimum absolute atomic E-state index is 0.181. The molecule has 6 rings (SSSR count). The third-order valence-electron chi connectivity index (χ3n) is 7.61. The van der Waals surface area contributed by atoms with E-state index in [0.717, 1.165) is 56.9 Å². The summed E-state index contributed by atoms with van der Waals surface area (Å²) >= 11 is 7.58. The van der Waals surface area contributed by atoms with Gasteiger partial charge in [0.2, 0.25) is 0 Å². The Morgan fingerprint density at radius 2 is 1.93 bits per heavy atom. The number of amides is 2. The first-order valence-electron chi connectivity index (χ1n) is 14.2. The lowest BCUT2D eigenvalue weighted by Crippen LogP contribution is -2.49. The number of thiophene rings is 1.